The maximum Gasteiger partial charge on any atom is 0.338 e. The van der Waals surface area contributed by atoms with Crippen LogP contribution in [0, 0.1) is 34.0 Å². The van der Waals surface area contributed by atoms with Crippen LogP contribution in [0.5, 0.6) is 0 Å². The Balaban J connectivity index is 1.59. The Hall–Kier alpha value is -1.55. The van der Waals surface area contributed by atoms with Crippen LogP contribution in [0.15, 0.2) is 12.2 Å². The first kappa shape index (κ1) is 27.0. The van der Waals surface area contributed by atoms with Crippen molar-refractivity contribution in [1.29, 1.82) is 0 Å². The van der Waals surface area contributed by atoms with E-state index in [1.54, 1.807) is 0 Å². The lowest BCUT2D eigenvalue weighted by Crippen LogP contribution is -2.70. The number of aliphatic hydroxyl groups is 1. The van der Waals surface area contributed by atoms with Crippen LogP contribution in [0.25, 0.3) is 0 Å². The Labute approximate surface area is 220 Å². The summed E-state index contributed by atoms with van der Waals surface area (Å²) in [5, 5.41) is 12.1. The Morgan fingerprint density at radius 3 is 2.57 bits per heavy atom. The van der Waals surface area contributed by atoms with Gasteiger partial charge in [-0.15, -0.1) is 0 Å². The van der Waals surface area contributed by atoms with Crippen molar-refractivity contribution in [3.8, 4) is 0 Å². The molecule has 0 unspecified atom stereocenters. The molecule has 1 N–H and O–H groups in total. The molecule has 5 rings (SSSR count). The van der Waals surface area contributed by atoms with Crippen LogP contribution in [0.4, 0.5) is 0 Å². The van der Waals surface area contributed by atoms with Gasteiger partial charge in [0.15, 0.2) is 11.4 Å². The van der Waals surface area contributed by atoms with Crippen LogP contribution in [0.3, 0.4) is 0 Å². The number of fused-ring (bicyclic) bond motifs is 1. The van der Waals surface area contributed by atoms with E-state index in [1.165, 1.54) is 6.92 Å². The van der Waals surface area contributed by atoms with Gasteiger partial charge < -0.3 is 24.1 Å². The number of Topliss-reactive ketones (excluding diaryl/α,β-unsaturated/α-hetero) is 1. The highest BCUT2D eigenvalue weighted by atomic mass is 28.3. The Morgan fingerprint density at radius 2 is 1.92 bits per heavy atom. The number of ether oxygens (including phenoxy) is 4. The lowest BCUT2D eigenvalue weighted by atomic mass is 9.43. The van der Waals surface area contributed by atoms with E-state index in [0.29, 0.717) is 19.4 Å². The number of hydrogen-bond donors (Lipinski definition) is 1. The lowest BCUT2D eigenvalue weighted by Gasteiger charge is -2.60. The second-order valence-corrected chi connectivity index (χ2v) is 19.7. The van der Waals surface area contributed by atoms with Crippen LogP contribution in [0.1, 0.15) is 46.5 Å². The van der Waals surface area contributed by atoms with E-state index in [0.717, 1.165) is 18.0 Å². The minimum atomic E-state index is -1.74. The summed E-state index contributed by atoms with van der Waals surface area (Å²) in [6.45, 7) is 16.9. The monoisotopic (exact) mass is 534 g/mol. The molecule has 206 valence electrons. The molecule has 1 aliphatic heterocycles. The maximum absolute atomic E-state index is 14.7. The van der Waals surface area contributed by atoms with Gasteiger partial charge in [0.05, 0.1) is 10.8 Å². The molecule has 2 spiro atoms. The molecular formula is C28H42O8Si. The van der Waals surface area contributed by atoms with Gasteiger partial charge in [0, 0.05) is 27.5 Å². The van der Waals surface area contributed by atoms with E-state index in [1.807, 2.05) is 13.8 Å². The number of ketones is 1. The summed E-state index contributed by atoms with van der Waals surface area (Å²) < 4.78 is 23.7. The van der Waals surface area contributed by atoms with E-state index in [9.17, 15) is 19.5 Å². The van der Waals surface area contributed by atoms with Crippen molar-refractivity contribution in [2.24, 2.45) is 34.0 Å². The fourth-order valence-corrected chi connectivity index (χ4v) is 9.75. The fourth-order valence-electron chi connectivity index (χ4n) is 8.99. The molecular weight excluding hydrogens is 492 g/mol. The van der Waals surface area contributed by atoms with E-state index in [-0.39, 0.29) is 31.5 Å². The summed E-state index contributed by atoms with van der Waals surface area (Å²) in [5.41, 5.74) is -3.71. The molecule has 2 bridgehead atoms. The zero-order valence-electron chi connectivity index (χ0n) is 23.1. The van der Waals surface area contributed by atoms with Crippen molar-refractivity contribution < 1.29 is 38.4 Å². The smallest absolute Gasteiger partial charge is 0.338 e. The first-order valence-electron chi connectivity index (χ1n) is 13.6. The topological polar surface area (TPSA) is 108 Å². The second kappa shape index (κ2) is 8.47. The molecule has 1 heterocycles. The van der Waals surface area contributed by atoms with Crippen LogP contribution in [0.2, 0.25) is 25.7 Å². The number of rotatable bonds is 7. The van der Waals surface area contributed by atoms with Gasteiger partial charge in [-0.05, 0) is 54.6 Å². The molecule has 0 aromatic rings. The normalized spacial score (nSPS) is 43.8. The summed E-state index contributed by atoms with van der Waals surface area (Å²) in [4.78, 5) is 40.1. The average molecular weight is 535 g/mol. The standard InChI is InChI=1S/C28H42O8Si/c1-16-18-8-9-19-26(12-18,23(16)36-17(2)29)22(30)20(35-15-33-10-11-37(5,6)7)21-25(3,4)13-28(32)24(31)34-14-27(19,21)28/h18-21,23,32H,1,8-15H2,2-7H3/t18-,19-,20+,21-,23-,26-,27+,28+/m1/s1. The third-order valence-electron chi connectivity index (χ3n) is 10.2. The zero-order valence-corrected chi connectivity index (χ0v) is 24.1. The van der Waals surface area contributed by atoms with E-state index in [4.69, 9.17) is 18.9 Å². The van der Waals surface area contributed by atoms with Crippen molar-refractivity contribution in [2.75, 3.05) is 20.0 Å². The summed E-state index contributed by atoms with van der Waals surface area (Å²) >= 11 is 0. The average Bonchev–Trinajstić information content (AvgIpc) is 3.23. The summed E-state index contributed by atoms with van der Waals surface area (Å²) in [7, 11) is -1.30. The highest BCUT2D eigenvalue weighted by molar-refractivity contribution is 6.76. The molecule has 37 heavy (non-hydrogen) atoms. The molecule has 0 radical (unpaired) electrons. The molecule has 0 aromatic carbocycles. The third kappa shape index (κ3) is 3.59. The van der Waals surface area contributed by atoms with Gasteiger partial charge >= 0.3 is 11.9 Å². The van der Waals surface area contributed by atoms with Crippen molar-refractivity contribution in [2.45, 2.75) is 89.9 Å². The Bertz CT molecular complexity index is 1030. The highest BCUT2D eigenvalue weighted by Gasteiger charge is 2.85. The van der Waals surface area contributed by atoms with Crippen LogP contribution < -0.4 is 0 Å². The van der Waals surface area contributed by atoms with Crippen molar-refractivity contribution in [1.82, 2.24) is 0 Å². The summed E-state index contributed by atoms with van der Waals surface area (Å²) in [5.74, 6) is -2.04. The van der Waals surface area contributed by atoms with E-state index in [2.05, 4.69) is 26.2 Å². The maximum atomic E-state index is 14.7. The molecule has 0 amide bonds. The number of esters is 2. The first-order chi connectivity index (χ1) is 17.1. The van der Waals surface area contributed by atoms with Gasteiger partial charge in [0.25, 0.3) is 0 Å². The molecule has 8 atom stereocenters. The quantitative estimate of drug-likeness (QED) is 0.174. The minimum absolute atomic E-state index is 0.0242. The lowest BCUT2D eigenvalue weighted by molar-refractivity contribution is -0.228. The van der Waals surface area contributed by atoms with Crippen LogP contribution >= 0.6 is 0 Å². The molecule has 0 aromatic heterocycles. The number of carbonyl (C=O) groups excluding carboxylic acids is 3. The molecule has 8 nitrogen and oxygen atoms in total. The van der Waals surface area contributed by atoms with Crippen LogP contribution in [-0.4, -0.2) is 68.7 Å². The number of hydrogen-bond acceptors (Lipinski definition) is 8. The van der Waals surface area contributed by atoms with Crippen molar-refractivity contribution in [3.05, 3.63) is 12.2 Å². The number of carbonyl (C=O) groups is 3. The van der Waals surface area contributed by atoms with Gasteiger partial charge in [-0.1, -0.05) is 40.1 Å². The summed E-state index contributed by atoms with van der Waals surface area (Å²) in [6.07, 6.45) is 0.307. The largest absolute Gasteiger partial charge is 0.463 e. The SMILES string of the molecule is C=C1[C@@H]2CC[C@@H]3[C@](C2)(C(=O)[C@@H](OCOCC[Si](C)(C)C)[C@@H]2C(C)(C)C[C@]4(O)C(=O)OC[C@@]234)[C@@H]1OC(C)=O. The third-order valence-corrected chi connectivity index (χ3v) is 12.0. The second-order valence-electron chi connectivity index (χ2n) is 14.0. The minimum Gasteiger partial charge on any atom is -0.463 e. The molecule has 1 saturated heterocycles. The van der Waals surface area contributed by atoms with Gasteiger partial charge in [-0.2, -0.15) is 0 Å². The van der Waals surface area contributed by atoms with Crippen molar-refractivity contribution >= 4 is 25.8 Å². The van der Waals surface area contributed by atoms with Gasteiger partial charge in [-0.25, -0.2) is 4.79 Å². The fraction of sp³-hybridized carbons (Fsp3) is 0.821. The molecule has 5 fully saturated rings. The predicted octanol–water partition coefficient (Wildman–Crippen LogP) is 3.49. The van der Waals surface area contributed by atoms with Gasteiger partial charge in [-0.3, -0.25) is 9.59 Å². The molecule has 5 aliphatic rings. The van der Waals surface area contributed by atoms with Gasteiger partial charge in [0.2, 0.25) is 0 Å². The van der Waals surface area contributed by atoms with Crippen LogP contribution in [-0.2, 0) is 33.3 Å². The molecule has 4 aliphatic carbocycles. The number of cyclic esters (lactones) is 1. The molecule has 9 heteroatoms. The van der Waals surface area contributed by atoms with Crippen molar-refractivity contribution in [3.63, 3.8) is 0 Å². The highest BCUT2D eigenvalue weighted by Crippen LogP contribution is 2.76. The first-order valence-corrected chi connectivity index (χ1v) is 17.3. The summed E-state index contributed by atoms with van der Waals surface area (Å²) in [6, 6.07) is 0.970. The molecule has 4 saturated carbocycles. The predicted molar refractivity (Wildman–Crippen MR) is 137 cm³/mol. The van der Waals surface area contributed by atoms with Gasteiger partial charge in [0.1, 0.15) is 25.6 Å². The Morgan fingerprint density at radius 1 is 1.22 bits per heavy atom. The Kier molecular flexibility index (Phi) is 6.19. The van der Waals surface area contributed by atoms with E-state index >= 15 is 0 Å². The zero-order chi connectivity index (χ0) is 27.2. The van der Waals surface area contributed by atoms with E-state index < -0.39 is 65.9 Å².